The van der Waals surface area contributed by atoms with E-state index >= 15 is 0 Å². The Morgan fingerprint density at radius 3 is 2.76 bits per heavy atom. The topological polar surface area (TPSA) is 39.9 Å². The van der Waals surface area contributed by atoms with Crippen molar-refractivity contribution < 1.29 is 0 Å². The summed E-state index contributed by atoms with van der Waals surface area (Å²) >= 11 is 6.20. The highest BCUT2D eigenvalue weighted by Crippen LogP contribution is 2.30. The molecule has 1 saturated carbocycles. The lowest BCUT2D eigenvalue weighted by Crippen LogP contribution is -2.34. The van der Waals surface area contributed by atoms with Gasteiger partial charge in [-0.05, 0) is 18.9 Å². The fourth-order valence-electron chi connectivity index (χ4n) is 2.41. The summed E-state index contributed by atoms with van der Waals surface area (Å²) in [5.41, 5.74) is 0.499. The minimum absolute atomic E-state index is 0.475. The van der Waals surface area contributed by atoms with Crippen LogP contribution in [0.1, 0.15) is 37.7 Å². The van der Waals surface area contributed by atoms with Crippen molar-refractivity contribution in [3.8, 4) is 6.07 Å². The zero-order chi connectivity index (χ0) is 12.3. The number of pyridine rings is 1. The van der Waals surface area contributed by atoms with Gasteiger partial charge in [0, 0.05) is 19.3 Å². The third-order valence-electron chi connectivity index (χ3n) is 3.45. The Morgan fingerprint density at radius 1 is 1.41 bits per heavy atom. The fraction of sp³-hybridized carbons (Fsp3) is 0.538. The predicted octanol–water partition coefficient (Wildman–Crippen LogP) is 3.38. The number of nitriles is 1. The van der Waals surface area contributed by atoms with Gasteiger partial charge in [-0.2, -0.15) is 5.26 Å². The van der Waals surface area contributed by atoms with Crippen molar-refractivity contribution in [2.45, 2.75) is 38.1 Å². The van der Waals surface area contributed by atoms with Crippen LogP contribution < -0.4 is 4.90 Å². The molecule has 0 atom stereocenters. The quantitative estimate of drug-likeness (QED) is 0.807. The number of anilines is 1. The number of rotatable bonds is 2. The molecule has 0 radical (unpaired) electrons. The van der Waals surface area contributed by atoms with E-state index in [4.69, 9.17) is 16.9 Å². The molecule has 0 bridgehead atoms. The molecule has 1 aromatic heterocycles. The van der Waals surface area contributed by atoms with Gasteiger partial charge in [0.05, 0.1) is 5.56 Å². The molecule has 1 aromatic rings. The minimum Gasteiger partial charge on any atom is -0.355 e. The van der Waals surface area contributed by atoms with E-state index in [1.54, 1.807) is 12.3 Å². The second-order valence-corrected chi connectivity index (χ2v) is 4.89. The van der Waals surface area contributed by atoms with Gasteiger partial charge in [0.15, 0.2) is 0 Å². The molecule has 0 saturated heterocycles. The third-order valence-corrected chi connectivity index (χ3v) is 3.82. The van der Waals surface area contributed by atoms with Crippen LogP contribution >= 0.6 is 11.6 Å². The monoisotopic (exact) mass is 249 g/mol. The van der Waals surface area contributed by atoms with E-state index in [9.17, 15) is 0 Å². The number of nitrogens with zero attached hydrogens (tertiary/aromatic N) is 3. The second kappa shape index (κ2) is 5.37. The highest BCUT2D eigenvalue weighted by molar-refractivity contribution is 6.34. The lowest BCUT2D eigenvalue weighted by atomic mass is 9.94. The average Bonchev–Trinajstić information content (AvgIpc) is 2.39. The Kier molecular flexibility index (Phi) is 3.86. The van der Waals surface area contributed by atoms with E-state index in [0.29, 0.717) is 16.6 Å². The molecule has 0 N–H and O–H groups in total. The van der Waals surface area contributed by atoms with E-state index in [-0.39, 0.29) is 0 Å². The predicted molar refractivity (Wildman–Crippen MR) is 69.2 cm³/mol. The van der Waals surface area contributed by atoms with Crippen LogP contribution in [0.2, 0.25) is 5.02 Å². The molecule has 0 aliphatic heterocycles. The molecule has 1 aliphatic rings. The number of hydrogen-bond acceptors (Lipinski definition) is 3. The summed E-state index contributed by atoms with van der Waals surface area (Å²) in [7, 11) is 2.02. The molecule has 0 amide bonds. The molecule has 0 unspecified atom stereocenters. The Balaban J connectivity index is 2.24. The highest BCUT2D eigenvalue weighted by Gasteiger charge is 2.21. The zero-order valence-corrected chi connectivity index (χ0v) is 10.7. The SMILES string of the molecule is CN(c1nccc(C#N)c1Cl)C1CCCCC1. The van der Waals surface area contributed by atoms with Crippen molar-refractivity contribution in [2.24, 2.45) is 0 Å². The summed E-state index contributed by atoms with van der Waals surface area (Å²) in [6.45, 7) is 0. The minimum atomic E-state index is 0.475. The molecule has 3 nitrogen and oxygen atoms in total. The van der Waals surface area contributed by atoms with Crippen molar-refractivity contribution in [1.82, 2.24) is 4.98 Å². The molecule has 90 valence electrons. The molecule has 0 aromatic carbocycles. The Morgan fingerprint density at radius 2 is 2.12 bits per heavy atom. The van der Waals surface area contributed by atoms with E-state index < -0.39 is 0 Å². The summed E-state index contributed by atoms with van der Waals surface area (Å²) in [6.07, 6.45) is 7.88. The molecule has 2 rings (SSSR count). The maximum Gasteiger partial charge on any atom is 0.148 e. The van der Waals surface area contributed by atoms with Crippen molar-refractivity contribution in [2.75, 3.05) is 11.9 Å². The average molecular weight is 250 g/mol. The van der Waals surface area contributed by atoms with Gasteiger partial charge in [-0.25, -0.2) is 4.98 Å². The Bertz CT molecular complexity index is 433. The molecular formula is C13H16ClN3. The molecule has 1 aliphatic carbocycles. The van der Waals surface area contributed by atoms with Crippen molar-refractivity contribution in [3.63, 3.8) is 0 Å². The van der Waals surface area contributed by atoms with Crippen LogP contribution in [0.3, 0.4) is 0 Å². The normalized spacial score (nSPS) is 16.5. The molecule has 4 heteroatoms. The number of aromatic nitrogens is 1. The van der Waals surface area contributed by atoms with Crippen LogP contribution in [0.25, 0.3) is 0 Å². The Hall–Kier alpha value is -1.27. The summed E-state index contributed by atoms with van der Waals surface area (Å²) in [5, 5.41) is 9.43. The van der Waals surface area contributed by atoms with Gasteiger partial charge in [-0.3, -0.25) is 0 Å². The van der Waals surface area contributed by atoms with Crippen LogP contribution in [0.15, 0.2) is 12.3 Å². The van der Waals surface area contributed by atoms with Gasteiger partial charge < -0.3 is 4.90 Å². The van der Waals surface area contributed by atoms with E-state index in [0.717, 1.165) is 5.82 Å². The van der Waals surface area contributed by atoms with Crippen molar-refractivity contribution in [3.05, 3.63) is 22.8 Å². The largest absolute Gasteiger partial charge is 0.355 e. The standard InChI is InChI=1S/C13H16ClN3/c1-17(11-5-3-2-4-6-11)13-12(14)10(9-15)7-8-16-13/h7-8,11H,2-6H2,1H3. The zero-order valence-electron chi connectivity index (χ0n) is 9.99. The maximum atomic E-state index is 8.95. The fourth-order valence-corrected chi connectivity index (χ4v) is 2.69. The maximum absolute atomic E-state index is 8.95. The van der Waals surface area contributed by atoms with E-state index in [1.165, 1.54) is 32.1 Å². The summed E-state index contributed by atoms with van der Waals surface area (Å²) < 4.78 is 0. The van der Waals surface area contributed by atoms with Gasteiger partial charge in [0.25, 0.3) is 0 Å². The highest BCUT2D eigenvalue weighted by atomic mass is 35.5. The van der Waals surface area contributed by atoms with Gasteiger partial charge >= 0.3 is 0 Å². The molecule has 1 fully saturated rings. The number of halogens is 1. The van der Waals surface area contributed by atoms with Crippen LogP contribution in [-0.2, 0) is 0 Å². The lowest BCUT2D eigenvalue weighted by Gasteiger charge is -2.32. The van der Waals surface area contributed by atoms with E-state index in [1.807, 2.05) is 7.05 Å². The van der Waals surface area contributed by atoms with Gasteiger partial charge in [0.2, 0.25) is 0 Å². The first-order valence-corrected chi connectivity index (χ1v) is 6.39. The summed E-state index contributed by atoms with van der Waals surface area (Å²) in [5.74, 6) is 0.734. The molecule has 1 heterocycles. The van der Waals surface area contributed by atoms with Gasteiger partial charge in [0.1, 0.15) is 16.9 Å². The third kappa shape index (κ3) is 2.53. The molecule has 17 heavy (non-hydrogen) atoms. The van der Waals surface area contributed by atoms with Crippen LogP contribution in [0.5, 0.6) is 0 Å². The van der Waals surface area contributed by atoms with Crippen molar-refractivity contribution in [1.29, 1.82) is 5.26 Å². The summed E-state index contributed by atoms with van der Waals surface area (Å²) in [4.78, 5) is 6.43. The van der Waals surface area contributed by atoms with Crippen LogP contribution in [0, 0.1) is 11.3 Å². The van der Waals surface area contributed by atoms with Gasteiger partial charge in [-0.15, -0.1) is 0 Å². The first-order valence-electron chi connectivity index (χ1n) is 6.01. The lowest BCUT2D eigenvalue weighted by molar-refractivity contribution is 0.426. The Labute approximate surface area is 107 Å². The number of hydrogen-bond donors (Lipinski definition) is 0. The van der Waals surface area contributed by atoms with E-state index in [2.05, 4.69) is 16.0 Å². The smallest absolute Gasteiger partial charge is 0.148 e. The first-order chi connectivity index (χ1) is 8.24. The second-order valence-electron chi connectivity index (χ2n) is 4.51. The van der Waals surface area contributed by atoms with Gasteiger partial charge in [-0.1, -0.05) is 30.9 Å². The van der Waals surface area contributed by atoms with Crippen LogP contribution in [0.4, 0.5) is 5.82 Å². The van der Waals surface area contributed by atoms with Crippen LogP contribution in [-0.4, -0.2) is 18.1 Å². The molecular weight excluding hydrogens is 234 g/mol. The summed E-state index contributed by atoms with van der Waals surface area (Å²) in [6, 6.07) is 4.25. The van der Waals surface area contributed by atoms with Crippen molar-refractivity contribution >= 4 is 17.4 Å². The molecule has 0 spiro atoms. The first kappa shape index (κ1) is 12.2.